The summed E-state index contributed by atoms with van der Waals surface area (Å²) in [5.74, 6) is -0.956. The van der Waals surface area contributed by atoms with Crippen molar-refractivity contribution >= 4 is 17.6 Å². The molecule has 11 heavy (non-hydrogen) atoms. The monoisotopic (exact) mass is 263 g/mol. The van der Waals surface area contributed by atoms with Crippen molar-refractivity contribution in [2.45, 2.75) is 0 Å². The first-order valence-electron chi connectivity index (χ1n) is 2.69. The van der Waals surface area contributed by atoms with Gasteiger partial charge in [-0.2, -0.15) is 0 Å². The van der Waals surface area contributed by atoms with Crippen molar-refractivity contribution in [1.29, 1.82) is 0 Å². The van der Waals surface area contributed by atoms with E-state index in [4.69, 9.17) is 16.7 Å². The summed E-state index contributed by atoms with van der Waals surface area (Å²) in [6.45, 7) is 0. The fourth-order valence-corrected chi connectivity index (χ4v) is 0.812. The molecule has 1 aromatic carbocycles. The van der Waals surface area contributed by atoms with Crippen LogP contribution in [0.3, 0.4) is 0 Å². The number of carbonyl (C=O) groups is 1. The average molecular weight is 264 g/mol. The summed E-state index contributed by atoms with van der Waals surface area (Å²) in [5, 5.41) is 8.89. The second-order valence-electron chi connectivity index (χ2n) is 1.82. The number of rotatable bonds is 1. The van der Waals surface area contributed by atoms with E-state index in [0.717, 1.165) is 0 Å². The van der Waals surface area contributed by atoms with Gasteiger partial charge in [0.2, 0.25) is 0 Å². The molecular weight excluding hydrogens is 259 g/mol. The first-order valence-corrected chi connectivity index (χ1v) is 3.07. The van der Waals surface area contributed by atoms with E-state index in [1.807, 2.05) is 0 Å². The Bertz CT molecular complexity index is 262. The zero-order chi connectivity index (χ0) is 7.56. The average Bonchev–Trinajstić information content (AvgIpc) is 1.88. The third-order valence-corrected chi connectivity index (χ3v) is 1.31. The van der Waals surface area contributed by atoms with E-state index in [0.29, 0.717) is 5.02 Å². The Hall–Kier alpha value is -0.280. The molecule has 4 heteroatoms. The molecule has 0 saturated carbocycles. The fraction of sp³-hybridized carbons (Fsp3) is 0. The Morgan fingerprint density at radius 3 is 2.45 bits per heavy atom. The van der Waals surface area contributed by atoms with Gasteiger partial charge < -0.3 is 5.11 Å². The molecule has 0 amide bonds. The Morgan fingerprint density at radius 1 is 1.45 bits per heavy atom. The van der Waals surface area contributed by atoms with Gasteiger partial charge in [0.15, 0.2) is 0 Å². The van der Waals surface area contributed by atoms with Gasteiger partial charge in [-0.15, -0.1) is 0 Å². The third kappa shape index (κ3) is 3.08. The van der Waals surface area contributed by atoms with Gasteiger partial charge in [-0.3, -0.25) is 0 Å². The van der Waals surface area contributed by atoms with Crippen LogP contribution >= 0.6 is 11.6 Å². The smallest absolute Gasteiger partial charge is 0.335 e. The van der Waals surface area contributed by atoms with Gasteiger partial charge in [0.25, 0.3) is 0 Å². The van der Waals surface area contributed by atoms with Gasteiger partial charge in [0, 0.05) is 27.4 Å². The van der Waals surface area contributed by atoms with E-state index < -0.39 is 5.97 Å². The van der Waals surface area contributed by atoms with Gasteiger partial charge in [0.05, 0.1) is 5.56 Å². The molecule has 0 aliphatic rings. The van der Waals surface area contributed by atoms with Crippen LogP contribution in [0.1, 0.15) is 10.4 Å². The summed E-state index contributed by atoms with van der Waals surface area (Å²) in [4.78, 5) is 10.3. The zero-order valence-corrected chi connectivity index (χ0v) is 7.58. The van der Waals surface area contributed by atoms with Crippen molar-refractivity contribution in [2.75, 3.05) is 0 Å². The van der Waals surface area contributed by atoms with Gasteiger partial charge >= 0.3 is 5.97 Å². The first-order chi connectivity index (χ1) is 4.70. The molecule has 1 radical (unpaired) electrons. The van der Waals surface area contributed by atoms with Crippen LogP contribution in [-0.2, 0) is 22.4 Å². The van der Waals surface area contributed by atoms with Crippen molar-refractivity contribution in [3.63, 3.8) is 0 Å². The van der Waals surface area contributed by atoms with Crippen molar-refractivity contribution in [2.24, 2.45) is 0 Å². The molecule has 2 nitrogen and oxygen atoms in total. The number of carboxylic acids is 1. The predicted molar refractivity (Wildman–Crippen MR) is 38.4 cm³/mol. The van der Waals surface area contributed by atoms with Crippen LogP contribution < -0.4 is 0 Å². The maximum atomic E-state index is 10.3. The molecule has 0 heterocycles. The van der Waals surface area contributed by atoms with Crippen molar-refractivity contribution in [1.82, 2.24) is 0 Å². The Labute approximate surface area is 84.7 Å². The molecule has 1 rings (SSSR count). The summed E-state index contributed by atoms with van der Waals surface area (Å²) in [7, 11) is 0. The number of aromatic carboxylic acids is 1. The quantitative estimate of drug-likeness (QED) is 0.788. The molecule has 0 saturated heterocycles. The van der Waals surface area contributed by atoms with Crippen LogP contribution in [0.5, 0.6) is 0 Å². The van der Waals surface area contributed by atoms with Crippen LogP contribution in [0.25, 0.3) is 0 Å². The molecule has 0 fully saturated rings. The summed E-state index contributed by atoms with van der Waals surface area (Å²) in [6.07, 6.45) is 0. The SMILES string of the molecule is O=C(O)c1cccc(Cl)c1.[Ag]. The van der Waals surface area contributed by atoms with Gasteiger partial charge in [-0.1, -0.05) is 17.7 Å². The number of hydrogen-bond acceptors (Lipinski definition) is 1. The van der Waals surface area contributed by atoms with Crippen LogP contribution in [0, 0.1) is 0 Å². The van der Waals surface area contributed by atoms with Crippen LogP contribution in [-0.4, -0.2) is 11.1 Å². The number of carboxylic acid groups (broad SMARTS) is 1. The molecule has 0 aliphatic carbocycles. The summed E-state index contributed by atoms with van der Waals surface area (Å²) >= 11 is 5.53. The largest absolute Gasteiger partial charge is 0.478 e. The molecule has 63 valence electrons. The summed E-state index contributed by atoms with van der Waals surface area (Å²) < 4.78 is 0. The standard InChI is InChI=1S/C7H5ClO2.Ag/c8-6-3-1-2-5(4-6)7(9)10;/h1-4H,(H,9,10);. The molecule has 0 bridgehead atoms. The molecule has 0 spiro atoms. The number of benzene rings is 1. The number of hydrogen-bond donors (Lipinski definition) is 1. The zero-order valence-electron chi connectivity index (χ0n) is 5.34. The molecule has 0 aliphatic heterocycles. The van der Waals surface area contributed by atoms with E-state index in [1.54, 1.807) is 12.1 Å². The summed E-state index contributed by atoms with van der Waals surface area (Å²) in [6, 6.07) is 6.14. The van der Waals surface area contributed by atoms with E-state index >= 15 is 0 Å². The second kappa shape index (κ2) is 4.57. The maximum absolute atomic E-state index is 10.3. The van der Waals surface area contributed by atoms with Crippen LogP contribution in [0.15, 0.2) is 24.3 Å². The van der Waals surface area contributed by atoms with E-state index in [-0.39, 0.29) is 27.9 Å². The minimum absolute atomic E-state index is 0. The maximum Gasteiger partial charge on any atom is 0.335 e. The van der Waals surface area contributed by atoms with Crippen molar-refractivity contribution in [3.05, 3.63) is 34.9 Å². The molecule has 0 unspecified atom stereocenters. The minimum atomic E-state index is -0.956. The molecule has 1 N–H and O–H groups in total. The van der Waals surface area contributed by atoms with Gasteiger partial charge in [0.1, 0.15) is 0 Å². The van der Waals surface area contributed by atoms with Crippen LogP contribution in [0.4, 0.5) is 0 Å². The molecule has 0 aromatic heterocycles. The van der Waals surface area contributed by atoms with Gasteiger partial charge in [-0.05, 0) is 18.2 Å². The second-order valence-corrected chi connectivity index (χ2v) is 2.25. The normalized spacial score (nSPS) is 8.45. The number of halogens is 1. The van der Waals surface area contributed by atoms with Gasteiger partial charge in [-0.25, -0.2) is 4.79 Å². The molecule has 0 atom stereocenters. The van der Waals surface area contributed by atoms with E-state index in [1.165, 1.54) is 12.1 Å². The third-order valence-electron chi connectivity index (χ3n) is 1.07. The predicted octanol–water partition coefficient (Wildman–Crippen LogP) is 2.04. The molecule has 1 aromatic rings. The minimum Gasteiger partial charge on any atom is -0.478 e. The van der Waals surface area contributed by atoms with Crippen molar-refractivity contribution < 1.29 is 32.3 Å². The van der Waals surface area contributed by atoms with Crippen LogP contribution in [0.2, 0.25) is 5.02 Å². The Morgan fingerprint density at radius 2 is 2.09 bits per heavy atom. The van der Waals surface area contributed by atoms with E-state index in [9.17, 15) is 4.79 Å². The first kappa shape index (κ1) is 10.7. The fourth-order valence-electron chi connectivity index (χ4n) is 0.622. The van der Waals surface area contributed by atoms with E-state index in [2.05, 4.69) is 0 Å². The topological polar surface area (TPSA) is 37.3 Å². The molecular formula is C7H5AgClO2. The Kier molecular flexibility index (Phi) is 4.45. The summed E-state index contributed by atoms with van der Waals surface area (Å²) in [5.41, 5.74) is 0.215. The van der Waals surface area contributed by atoms with Crippen molar-refractivity contribution in [3.8, 4) is 0 Å². The Balaban J connectivity index is 0.000001000.